The van der Waals surface area contributed by atoms with Gasteiger partial charge in [-0.25, -0.2) is 14.4 Å². The van der Waals surface area contributed by atoms with Crippen molar-refractivity contribution < 1.29 is 9.18 Å². The molecule has 2 rings (SSSR count). The molecule has 23 heavy (non-hydrogen) atoms. The van der Waals surface area contributed by atoms with Gasteiger partial charge in [-0.3, -0.25) is 4.79 Å². The number of nitrogens with one attached hydrogen (secondary N) is 2. The number of nitrogens with zero attached hydrogens (tertiary/aromatic N) is 2. The standard InChI is InChI=1S/C17H21FN4O/c1-11(2)7-8-19-17-20-12(3)9-15(22-17)16(23)21-14-6-4-5-13(18)10-14/h4-6,9-11H,7-8H2,1-3H3,(H,21,23)(H,19,20,22). The van der Waals surface area contributed by atoms with Crippen LogP contribution in [0.1, 0.15) is 36.5 Å². The van der Waals surface area contributed by atoms with Gasteiger partial charge in [-0.1, -0.05) is 19.9 Å². The van der Waals surface area contributed by atoms with E-state index in [-0.39, 0.29) is 5.69 Å². The Balaban J connectivity index is 2.09. The molecule has 0 saturated carbocycles. The lowest BCUT2D eigenvalue weighted by Gasteiger charge is -2.10. The van der Waals surface area contributed by atoms with Crippen LogP contribution in [0.5, 0.6) is 0 Å². The summed E-state index contributed by atoms with van der Waals surface area (Å²) in [4.78, 5) is 20.8. The van der Waals surface area contributed by atoms with E-state index < -0.39 is 11.7 Å². The average Bonchev–Trinajstić information content (AvgIpc) is 2.46. The Kier molecular flexibility index (Phi) is 5.62. The van der Waals surface area contributed by atoms with Gasteiger partial charge in [-0.05, 0) is 43.5 Å². The molecule has 1 amide bonds. The maximum atomic E-state index is 13.2. The Hall–Kier alpha value is -2.50. The third kappa shape index (κ3) is 5.32. The molecule has 0 unspecified atom stereocenters. The van der Waals surface area contributed by atoms with Crippen LogP contribution in [0, 0.1) is 18.7 Å². The minimum Gasteiger partial charge on any atom is -0.354 e. The Labute approximate surface area is 135 Å². The number of aryl methyl sites for hydroxylation is 1. The van der Waals surface area contributed by atoms with Crippen molar-refractivity contribution in [2.45, 2.75) is 27.2 Å². The maximum absolute atomic E-state index is 13.2. The van der Waals surface area contributed by atoms with Gasteiger partial charge < -0.3 is 10.6 Å². The normalized spacial score (nSPS) is 10.7. The third-order valence-corrected chi connectivity index (χ3v) is 3.17. The highest BCUT2D eigenvalue weighted by Gasteiger charge is 2.11. The van der Waals surface area contributed by atoms with Crippen molar-refractivity contribution in [2.24, 2.45) is 5.92 Å². The SMILES string of the molecule is Cc1cc(C(=O)Nc2cccc(F)c2)nc(NCCC(C)C)n1. The smallest absolute Gasteiger partial charge is 0.274 e. The van der Waals surface area contributed by atoms with Crippen molar-refractivity contribution in [1.82, 2.24) is 9.97 Å². The van der Waals surface area contributed by atoms with Gasteiger partial charge in [0.15, 0.2) is 0 Å². The first kappa shape index (κ1) is 16.9. The molecule has 0 radical (unpaired) electrons. The molecule has 1 aromatic carbocycles. The summed E-state index contributed by atoms with van der Waals surface area (Å²) in [6.07, 6.45) is 0.988. The molecule has 5 nitrogen and oxygen atoms in total. The molecule has 0 aliphatic rings. The molecule has 0 atom stereocenters. The summed E-state index contributed by atoms with van der Waals surface area (Å²) >= 11 is 0. The van der Waals surface area contributed by atoms with Crippen molar-refractivity contribution in [3.63, 3.8) is 0 Å². The molecule has 2 N–H and O–H groups in total. The number of carbonyl (C=O) groups excluding carboxylic acids is 1. The van der Waals surface area contributed by atoms with Crippen LogP contribution in [-0.2, 0) is 0 Å². The predicted octanol–water partition coefficient (Wildman–Crippen LogP) is 3.63. The minimum atomic E-state index is -0.405. The quantitative estimate of drug-likeness (QED) is 0.854. The van der Waals surface area contributed by atoms with Crippen LogP contribution in [-0.4, -0.2) is 22.4 Å². The molecule has 1 heterocycles. The van der Waals surface area contributed by atoms with E-state index in [2.05, 4.69) is 34.4 Å². The molecule has 2 aromatic rings. The van der Waals surface area contributed by atoms with Crippen molar-refractivity contribution in [3.05, 3.63) is 47.5 Å². The Morgan fingerprint density at radius 2 is 2.04 bits per heavy atom. The zero-order valence-electron chi connectivity index (χ0n) is 13.6. The van der Waals surface area contributed by atoms with Crippen LogP contribution in [0.15, 0.2) is 30.3 Å². The van der Waals surface area contributed by atoms with Gasteiger partial charge in [0.2, 0.25) is 5.95 Å². The van der Waals surface area contributed by atoms with Crippen LogP contribution >= 0.6 is 0 Å². The van der Waals surface area contributed by atoms with Crippen molar-refractivity contribution >= 4 is 17.5 Å². The monoisotopic (exact) mass is 316 g/mol. The maximum Gasteiger partial charge on any atom is 0.274 e. The highest BCUT2D eigenvalue weighted by atomic mass is 19.1. The summed E-state index contributed by atoms with van der Waals surface area (Å²) in [6, 6.07) is 7.34. The summed E-state index contributed by atoms with van der Waals surface area (Å²) in [6.45, 7) is 6.81. The van der Waals surface area contributed by atoms with Gasteiger partial charge in [0, 0.05) is 17.9 Å². The predicted molar refractivity (Wildman–Crippen MR) is 89.1 cm³/mol. The van der Waals surface area contributed by atoms with Gasteiger partial charge in [-0.2, -0.15) is 0 Å². The number of anilines is 2. The average molecular weight is 316 g/mol. The molecule has 1 aromatic heterocycles. The minimum absolute atomic E-state index is 0.244. The highest BCUT2D eigenvalue weighted by molar-refractivity contribution is 6.03. The Bertz CT molecular complexity index is 688. The number of rotatable bonds is 6. The molecule has 122 valence electrons. The van der Waals surface area contributed by atoms with Crippen molar-refractivity contribution in [3.8, 4) is 0 Å². The molecule has 0 aliphatic carbocycles. The largest absolute Gasteiger partial charge is 0.354 e. The number of benzene rings is 1. The highest BCUT2D eigenvalue weighted by Crippen LogP contribution is 2.12. The second-order valence-electron chi connectivity index (χ2n) is 5.79. The fourth-order valence-electron chi connectivity index (χ4n) is 2.00. The lowest BCUT2D eigenvalue weighted by atomic mass is 10.1. The summed E-state index contributed by atoms with van der Waals surface area (Å²) in [5.41, 5.74) is 1.32. The number of amides is 1. The topological polar surface area (TPSA) is 66.9 Å². The van der Waals surface area contributed by atoms with E-state index in [1.54, 1.807) is 19.1 Å². The second kappa shape index (κ2) is 7.67. The van der Waals surface area contributed by atoms with Crippen molar-refractivity contribution in [1.29, 1.82) is 0 Å². The number of carbonyl (C=O) groups is 1. The summed E-state index contributed by atoms with van der Waals surface area (Å²) in [5, 5.41) is 5.75. The molecule has 0 aliphatic heterocycles. The molecule has 0 bridgehead atoms. The van der Waals surface area contributed by atoms with Crippen LogP contribution in [0.25, 0.3) is 0 Å². The molecular weight excluding hydrogens is 295 g/mol. The second-order valence-corrected chi connectivity index (χ2v) is 5.79. The Morgan fingerprint density at radius 3 is 2.74 bits per heavy atom. The van der Waals surface area contributed by atoms with E-state index >= 15 is 0 Å². The zero-order chi connectivity index (χ0) is 16.8. The van der Waals surface area contributed by atoms with E-state index in [0.29, 0.717) is 23.2 Å². The number of hydrogen-bond donors (Lipinski definition) is 2. The van der Waals surface area contributed by atoms with Gasteiger partial charge in [-0.15, -0.1) is 0 Å². The first-order valence-corrected chi connectivity index (χ1v) is 7.60. The summed E-state index contributed by atoms with van der Waals surface area (Å²) in [7, 11) is 0. The van der Waals surface area contributed by atoms with Gasteiger partial charge in [0.1, 0.15) is 11.5 Å². The number of halogens is 1. The van der Waals surface area contributed by atoms with E-state index in [1.165, 1.54) is 18.2 Å². The summed E-state index contributed by atoms with van der Waals surface area (Å²) < 4.78 is 13.2. The van der Waals surface area contributed by atoms with E-state index in [9.17, 15) is 9.18 Å². The Morgan fingerprint density at radius 1 is 1.26 bits per heavy atom. The molecular formula is C17H21FN4O. The lowest BCUT2D eigenvalue weighted by molar-refractivity contribution is 0.102. The van der Waals surface area contributed by atoms with Gasteiger partial charge in [0.05, 0.1) is 0 Å². The third-order valence-electron chi connectivity index (χ3n) is 3.17. The fraction of sp³-hybridized carbons (Fsp3) is 0.353. The van der Waals surface area contributed by atoms with Gasteiger partial charge >= 0.3 is 0 Å². The molecule has 0 saturated heterocycles. The van der Waals surface area contributed by atoms with Crippen LogP contribution in [0.4, 0.5) is 16.0 Å². The first-order valence-electron chi connectivity index (χ1n) is 7.60. The van der Waals surface area contributed by atoms with Crippen LogP contribution < -0.4 is 10.6 Å². The zero-order valence-corrected chi connectivity index (χ0v) is 13.6. The lowest BCUT2D eigenvalue weighted by Crippen LogP contribution is -2.16. The first-order chi connectivity index (χ1) is 10.9. The van der Waals surface area contributed by atoms with Crippen LogP contribution in [0.2, 0.25) is 0 Å². The van der Waals surface area contributed by atoms with Gasteiger partial charge in [0.25, 0.3) is 5.91 Å². The molecule has 6 heteroatoms. The van der Waals surface area contributed by atoms with E-state index in [0.717, 1.165) is 13.0 Å². The number of hydrogen-bond acceptors (Lipinski definition) is 4. The number of aromatic nitrogens is 2. The molecule has 0 fully saturated rings. The fourth-order valence-corrected chi connectivity index (χ4v) is 2.00. The van der Waals surface area contributed by atoms with Crippen LogP contribution in [0.3, 0.4) is 0 Å². The molecule has 0 spiro atoms. The van der Waals surface area contributed by atoms with Crippen molar-refractivity contribution in [2.75, 3.05) is 17.2 Å². The summed E-state index contributed by atoms with van der Waals surface area (Å²) in [5.74, 6) is 0.198. The van der Waals surface area contributed by atoms with E-state index in [1.807, 2.05) is 0 Å². The van der Waals surface area contributed by atoms with E-state index in [4.69, 9.17) is 0 Å².